The molecule has 1 amide bonds. The second kappa shape index (κ2) is 5.96. The van der Waals surface area contributed by atoms with Gasteiger partial charge in [0.05, 0.1) is 18.4 Å². The molecule has 0 radical (unpaired) electrons. The summed E-state index contributed by atoms with van der Waals surface area (Å²) in [6.45, 7) is 6.80. The smallest absolute Gasteiger partial charge is 0.260 e. The summed E-state index contributed by atoms with van der Waals surface area (Å²) >= 11 is 0. The van der Waals surface area contributed by atoms with Gasteiger partial charge in [-0.05, 0) is 57.0 Å². The van der Waals surface area contributed by atoms with Gasteiger partial charge in [0.1, 0.15) is 5.76 Å². The number of hydrogen-bond donors (Lipinski definition) is 0. The zero-order valence-electron chi connectivity index (χ0n) is 14.8. The molecule has 1 unspecified atom stereocenters. The van der Waals surface area contributed by atoms with E-state index in [0.717, 1.165) is 34.8 Å². The van der Waals surface area contributed by atoms with E-state index in [-0.39, 0.29) is 11.9 Å². The van der Waals surface area contributed by atoms with Gasteiger partial charge < -0.3 is 13.9 Å². The summed E-state index contributed by atoms with van der Waals surface area (Å²) in [6, 6.07) is 14.2. The molecule has 1 atom stereocenters. The van der Waals surface area contributed by atoms with Crippen molar-refractivity contribution in [2.45, 2.75) is 39.8 Å². The van der Waals surface area contributed by atoms with Crippen LogP contribution in [0.1, 0.15) is 40.0 Å². The molecule has 2 aromatic heterocycles. The van der Waals surface area contributed by atoms with Crippen molar-refractivity contribution in [1.82, 2.24) is 4.57 Å². The normalized spacial score (nSPS) is 16.3. The summed E-state index contributed by atoms with van der Waals surface area (Å²) < 4.78 is 7.60. The molecule has 0 fully saturated rings. The maximum absolute atomic E-state index is 13.3. The summed E-state index contributed by atoms with van der Waals surface area (Å²) in [5.41, 5.74) is 5.10. The fraction of sp³-hybridized carbons (Fsp3) is 0.286. The van der Waals surface area contributed by atoms with E-state index in [0.29, 0.717) is 6.54 Å². The molecule has 0 bridgehead atoms. The fourth-order valence-corrected chi connectivity index (χ4v) is 3.82. The number of carbonyl (C=O) groups is 1. The van der Waals surface area contributed by atoms with E-state index in [1.165, 1.54) is 5.56 Å². The van der Waals surface area contributed by atoms with Gasteiger partial charge in [-0.3, -0.25) is 4.79 Å². The van der Waals surface area contributed by atoms with Gasteiger partial charge in [0, 0.05) is 23.1 Å². The lowest BCUT2D eigenvalue weighted by Gasteiger charge is -2.23. The molecule has 1 aliphatic heterocycles. The standard InChI is InChI=1S/C21H22N2O2/c1-14-12-19(16(3)22(14)13-18-8-6-10-25-18)21(24)23-15(2)11-17-7-4-5-9-20(17)23/h4-10,12,15H,11,13H2,1-3H3. The van der Waals surface area contributed by atoms with Crippen LogP contribution in [-0.4, -0.2) is 16.5 Å². The Morgan fingerprint density at radius 2 is 2.00 bits per heavy atom. The number of fused-ring (bicyclic) bond motifs is 1. The van der Waals surface area contributed by atoms with Crippen LogP contribution < -0.4 is 4.90 Å². The molecule has 3 heterocycles. The van der Waals surface area contributed by atoms with Gasteiger partial charge in [-0.25, -0.2) is 0 Å². The Labute approximate surface area is 147 Å². The monoisotopic (exact) mass is 334 g/mol. The van der Waals surface area contributed by atoms with Crippen molar-refractivity contribution in [3.8, 4) is 0 Å². The molecule has 0 saturated heterocycles. The summed E-state index contributed by atoms with van der Waals surface area (Å²) in [7, 11) is 0. The first kappa shape index (κ1) is 15.8. The number of nitrogens with zero attached hydrogens (tertiary/aromatic N) is 2. The lowest BCUT2D eigenvalue weighted by Crippen LogP contribution is -2.36. The third-order valence-electron chi connectivity index (χ3n) is 5.12. The first-order valence-electron chi connectivity index (χ1n) is 8.67. The number of carbonyl (C=O) groups excluding carboxylic acids is 1. The van der Waals surface area contributed by atoms with Gasteiger partial charge in [0.15, 0.2) is 0 Å². The quantitative estimate of drug-likeness (QED) is 0.715. The molecule has 3 aromatic rings. The van der Waals surface area contributed by atoms with E-state index >= 15 is 0 Å². The van der Waals surface area contributed by atoms with Crippen LogP contribution in [0.3, 0.4) is 0 Å². The highest BCUT2D eigenvalue weighted by molar-refractivity contribution is 6.08. The van der Waals surface area contributed by atoms with Crippen LogP contribution in [0.4, 0.5) is 5.69 Å². The molecule has 0 saturated carbocycles. The van der Waals surface area contributed by atoms with Crippen LogP contribution in [0.25, 0.3) is 0 Å². The highest BCUT2D eigenvalue weighted by atomic mass is 16.3. The largest absolute Gasteiger partial charge is 0.467 e. The summed E-state index contributed by atoms with van der Waals surface area (Å²) in [5.74, 6) is 0.969. The van der Waals surface area contributed by atoms with Crippen molar-refractivity contribution in [3.63, 3.8) is 0 Å². The maximum Gasteiger partial charge on any atom is 0.260 e. The number of aromatic nitrogens is 1. The van der Waals surface area contributed by atoms with Crippen LogP contribution in [-0.2, 0) is 13.0 Å². The van der Waals surface area contributed by atoms with E-state index in [4.69, 9.17) is 4.42 Å². The highest BCUT2D eigenvalue weighted by Gasteiger charge is 2.32. The number of aryl methyl sites for hydroxylation is 1. The third kappa shape index (κ3) is 2.58. The number of benzene rings is 1. The molecule has 0 aliphatic carbocycles. The van der Waals surface area contributed by atoms with E-state index in [1.54, 1.807) is 6.26 Å². The zero-order chi connectivity index (χ0) is 17.6. The third-order valence-corrected chi connectivity index (χ3v) is 5.12. The Kier molecular flexibility index (Phi) is 3.75. The molecule has 0 N–H and O–H groups in total. The number of rotatable bonds is 3. The molecular formula is C21H22N2O2. The molecule has 1 aromatic carbocycles. The second-order valence-corrected chi connectivity index (χ2v) is 6.81. The van der Waals surface area contributed by atoms with Gasteiger partial charge >= 0.3 is 0 Å². The van der Waals surface area contributed by atoms with Gasteiger partial charge in [-0.15, -0.1) is 0 Å². The maximum atomic E-state index is 13.3. The summed E-state index contributed by atoms with van der Waals surface area (Å²) in [5, 5.41) is 0. The first-order valence-corrected chi connectivity index (χ1v) is 8.67. The molecule has 0 spiro atoms. The van der Waals surface area contributed by atoms with E-state index < -0.39 is 0 Å². The molecule has 4 rings (SSSR count). The number of furan rings is 1. The van der Waals surface area contributed by atoms with Crippen LogP contribution in [0.2, 0.25) is 0 Å². The average molecular weight is 334 g/mol. The Bertz CT molecular complexity index is 922. The number of hydrogen-bond acceptors (Lipinski definition) is 2. The average Bonchev–Trinajstić information content (AvgIpc) is 3.28. The predicted molar refractivity (Wildman–Crippen MR) is 98.1 cm³/mol. The van der Waals surface area contributed by atoms with E-state index in [1.807, 2.05) is 55.1 Å². The first-order chi connectivity index (χ1) is 12.1. The van der Waals surface area contributed by atoms with Crippen molar-refractivity contribution >= 4 is 11.6 Å². The van der Waals surface area contributed by atoms with Crippen molar-refractivity contribution in [2.75, 3.05) is 4.90 Å². The van der Waals surface area contributed by atoms with Crippen molar-refractivity contribution in [3.05, 3.63) is 77.0 Å². The van der Waals surface area contributed by atoms with Crippen molar-refractivity contribution in [2.24, 2.45) is 0 Å². The molecular weight excluding hydrogens is 312 g/mol. The molecule has 4 nitrogen and oxygen atoms in total. The highest BCUT2D eigenvalue weighted by Crippen LogP contribution is 2.34. The Hall–Kier alpha value is -2.75. The summed E-state index contributed by atoms with van der Waals surface area (Å²) in [4.78, 5) is 15.2. The van der Waals surface area contributed by atoms with Crippen LogP contribution in [0.15, 0.2) is 53.1 Å². The number of amides is 1. The second-order valence-electron chi connectivity index (χ2n) is 6.81. The molecule has 1 aliphatic rings. The minimum Gasteiger partial charge on any atom is -0.467 e. The number of para-hydroxylation sites is 1. The Balaban J connectivity index is 1.70. The van der Waals surface area contributed by atoms with Crippen LogP contribution in [0, 0.1) is 13.8 Å². The van der Waals surface area contributed by atoms with Gasteiger partial charge in [0.25, 0.3) is 5.91 Å². The lowest BCUT2D eigenvalue weighted by molar-refractivity contribution is 0.0980. The topological polar surface area (TPSA) is 38.4 Å². The van der Waals surface area contributed by atoms with Crippen LogP contribution in [0.5, 0.6) is 0 Å². The lowest BCUT2D eigenvalue weighted by atomic mass is 10.1. The minimum atomic E-state index is 0.0799. The van der Waals surface area contributed by atoms with Gasteiger partial charge in [-0.2, -0.15) is 0 Å². The fourth-order valence-electron chi connectivity index (χ4n) is 3.82. The van der Waals surface area contributed by atoms with Crippen LogP contribution >= 0.6 is 0 Å². The minimum absolute atomic E-state index is 0.0799. The van der Waals surface area contributed by atoms with E-state index in [9.17, 15) is 4.79 Å². The zero-order valence-corrected chi connectivity index (χ0v) is 14.8. The molecule has 25 heavy (non-hydrogen) atoms. The number of anilines is 1. The van der Waals surface area contributed by atoms with Crippen molar-refractivity contribution in [1.29, 1.82) is 0 Å². The summed E-state index contributed by atoms with van der Waals surface area (Å²) in [6.07, 6.45) is 2.59. The predicted octanol–water partition coefficient (Wildman–Crippen LogP) is 4.34. The Morgan fingerprint density at radius 3 is 2.76 bits per heavy atom. The molecule has 4 heteroatoms. The molecule has 128 valence electrons. The van der Waals surface area contributed by atoms with Gasteiger partial charge in [0.2, 0.25) is 0 Å². The Morgan fingerprint density at radius 1 is 1.20 bits per heavy atom. The SMILES string of the molecule is Cc1cc(C(=O)N2c3ccccc3CC2C)c(C)n1Cc1ccco1. The van der Waals surface area contributed by atoms with Gasteiger partial charge in [-0.1, -0.05) is 18.2 Å². The van der Waals surface area contributed by atoms with Crippen molar-refractivity contribution < 1.29 is 9.21 Å². The van der Waals surface area contributed by atoms with E-state index in [2.05, 4.69) is 17.6 Å².